The molecule has 0 aliphatic heterocycles. The molecule has 0 radical (unpaired) electrons. The lowest BCUT2D eigenvalue weighted by molar-refractivity contribution is 0.0917. The molecule has 2 aromatic rings. The van der Waals surface area contributed by atoms with Crippen LogP contribution in [0.4, 0.5) is 0 Å². The molecular formula is C14H16N2O3. The highest BCUT2D eigenvalue weighted by atomic mass is 16.5. The number of ether oxygens (including phenoxy) is 1. The van der Waals surface area contributed by atoms with Crippen LogP contribution < -0.4 is 15.8 Å². The highest BCUT2D eigenvalue weighted by Gasteiger charge is 2.09. The van der Waals surface area contributed by atoms with Crippen molar-refractivity contribution in [1.82, 2.24) is 5.32 Å². The standard InChI is InChI=1S/C14H16N2O3/c15-10-12-6-7-13(19-12)14(17)16-8-9-18-11-4-2-1-3-5-11/h1-7H,8-10,15H2,(H,16,17). The van der Waals surface area contributed by atoms with Gasteiger partial charge in [0.15, 0.2) is 5.76 Å². The van der Waals surface area contributed by atoms with Gasteiger partial charge >= 0.3 is 0 Å². The topological polar surface area (TPSA) is 77.5 Å². The van der Waals surface area contributed by atoms with E-state index in [1.54, 1.807) is 12.1 Å². The Hall–Kier alpha value is -2.27. The summed E-state index contributed by atoms with van der Waals surface area (Å²) >= 11 is 0. The average Bonchev–Trinajstić information content (AvgIpc) is 2.93. The maximum Gasteiger partial charge on any atom is 0.287 e. The van der Waals surface area contributed by atoms with E-state index in [-0.39, 0.29) is 18.2 Å². The first kappa shape index (κ1) is 13.2. The van der Waals surface area contributed by atoms with E-state index in [0.29, 0.717) is 18.9 Å². The molecule has 0 aliphatic carbocycles. The van der Waals surface area contributed by atoms with Gasteiger partial charge < -0.3 is 20.2 Å². The molecule has 1 aromatic heterocycles. The first-order chi connectivity index (χ1) is 9.29. The van der Waals surface area contributed by atoms with Crippen LogP contribution in [0.2, 0.25) is 0 Å². The monoisotopic (exact) mass is 260 g/mol. The number of carbonyl (C=O) groups excluding carboxylic acids is 1. The smallest absolute Gasteiger partial charge is 0.287 e. The van der Waals surface area contributed by atoms with Crippen LogP contribution in [0.1, 0.15) is 16.3 Å². The number of para-hydroxylation sites is 1. The number of carbonyl (C=O) groups is 1. The molecule has 0 saturated heterocycles. The number of hydrogen-bond donors (Lipinski definition) is 2. The Balaban J connectivity index is 1.72. The Morgan fingerprint density at radius 2 is 2.00 bits per heavy atom. The van der Waals surface area contributed by atoms with E-state index in [9.17, 15) is 4.79 Å². The molecule has 1 heterocycles. The Morgan fingerprint density at radius 1 is 1.21 bits per heavy atom. The van der Waals surface area contributed by atoms with Crippen molar-refractivity contribution in [1.29, 1.82) is 0 Å². The number of hydrogen-bond acceptors (Lipinski definition) is 4. The molecule has 3 N–H and O–H groups in total. The van der Waals surface area contributed by atoms with E-state index in [4.69, 9.17) is 14.9 Å². The molecule has 1 aromatic carbocycles. The molecule has 0 aliphatic rings. The third kappa shape index (κ3) is 3.86. The molecule has 0 atom stereocenters. The molecule has 5 heteroatoms. The Labute approximate surface area is 111 Å². The number of rotatable bonds is 6. The number of benzene rings is 1. The molecule has 0 unspecified atom stereocenters. The number of nitrogens with two attached hydrogens (primary N) is 1. The predicted octanol–water partition coefficient (Wildman–Crippen LogP) is 1.55. The minimum absolute atomic E-state index is 0.264. The van der Waals surface area contributed by atoms with Crippen LogP contribution in [0.15, 0.2) is 46.9 Å². The first-order valence-corrected chi connectivity index (χ1v) is 6.04. The zero-order valence-electron chi connectivity index (χ0n) is 10.5. The fourth-order valence-corrected chi connectivity index (χ4v) is 1.55. The van der Waals surface area contributed by atoms with Crippen molar-refractivity contribution in [3.63, 3.8) is 0 Å². The summed E-state index contributed by atoms with van der Waals surface area (Å²) in [5, 5.41) is 2.71. The number of amides is 1. The zero-order chi connectivity index (χ0) is 13.5. The van der Waals surface area contributed by atoms with Crippen LogP contribution in [-0.2, 0) is 6.54 Å². The average molecular weight is 260 g/mol. The van der Waals surface area contributed by atoms with Gasteiger partial charge in [0, 0.05) is 0 Å². The van der Waals surface area contributed by atoms with Crippen LogP contribution in [0.25, 0.3) is 0 Å². The fourth-order valence-electron chi connectivity index (χ4n) is 1.55. The van der Waals surface area contributed by atoms with E-state index in [0.717, 1.165) is 5.75 Å². The van der Waals surface area contributed by atoms with E-state index < -0.39 is 0 Å². The van der Waals surface area contributed by atoms with E-state index in [2.05, 4.69) is 5.32 Å². The van der Waals surface area contributed by atoms with Gasteiger partial charge in [-0.25, -0.2) is 0 Å². The van der Waals surface area contributed by atoms with Gasteiger partial charge in [-0.15, -0.1) is 0 Å². The maximum absolute atomic E-state index is 11.7. The van der Waals surface area contributed by atoms with Gasteiger partial charge in [-0.1, -0.05) is 18.2 Å². The van der Waals surface area contributed by atoms with Crippen molar-refractivity contribution in [3.8, 4) is 5.75 Å². The molecule has 0 saturated carbocycles. The Morgan fingerprint density at radius 3 is 2.68 bits per heavy atom. The summed E-state index contributed by atoms with van der Waals surface area (Å²) in [6, 6.07) is 12.7. The summed E-state index contributed by atoms with van der Waals surface area (Å²) in [7, 11) is 0. The van der Waals surface area contributed by atoms with Gasteiger partial charge in [-0.2, -0.15) is 0 Å². The first-order valence-electron chi connectivity index (χ1n) is 6.04. The van der Waals surface area contributed by atoms with Gasteiger partial charge in [0.1, 0.15) is 18.1 Å². The zero-order valence-corrected chi connectivity index (χ0v) is 10.5. The van der Waals surface area contributed by atoms with Crippen molar-refractivity contribution >= 4 is 5.91 Å². The third-order valence-corrected chi connectivity index (χ3v) is 2.49. The predicted molar refractivity (Wildman–Crippen MR) is 70.9 cm³/mol. The van der Waals surface area contributed by atoms with Crippen LogP contribution in [0.3, 0.4) is 0 Å². The van der Waals surface area contributed by atoms with Crippen molar-refractivity contribution < 1.29 is 13.9 Å². The number of furan rings is 1. The van der Waals surface area contributed by atoms with Crippen molar-refractivity contribution in [2.75, 3.05) is 13.2 Å². The van der Waals surface area contributed by atoms with E-state index >= 15 is 0 Å². The molecule has 0 bridgehead atoms. The van der Waals surface area contributed by atoms with Gasteiger partial charge in [-0.05, 0) is 24.3 Å². The van der Waals surface area contributed by atoms with Gasteiger partial charge in [0.25, 0.3) is 5.91 Å². The van der Waals surface area contributed by atoms with Crippen LogP contribution in [0.5, 0.6) is 5.75 Å². The molecule has 100 valence electrons. The summed E-state index contributed by atoms with van der Waals surface area (Å²) in [5.41, 5.74) is 5.40. The largest absolute Gasteiger partial charge is 0.492 e. The van der Waals surface area contributed by atoms with Gasteiger partial charge in [-0.3, -0.25) is 4.79 Å². The second kappa shape index (κ2) is 6.61. The Bertz CT molecular complexity index is 522. The van der Waals surface area contributed by atoms with Crippen molar-refractivity contribution in [3.05, 3.63) is 54.0 Å². The van der Waals surface area contributed by atoms with Crippen LogP contribution >= 0.6 is 0 Å². The fraction of sp³-hybridized carbons (Fsp3) is 0.214. The second-order valence-electron chi connectivity index (χ2n) is 3.89. The lowest BCUT2D eigenvalue weighted by Gasteiger charge is -2.06. The summed E-state index contributed by atoms with van der Waals surface area (Å²) < 4.78 is 10.7. The van der Waals surface area contributed by atoms with Crippen molar-refractivity contribution in [2.45, 2.75) is 6.54 Å². The minimum Gasteiger partial charge on any atom is -0.492 e. The summed E-state index contributed by atoms with van der Waals surface area (Å²) in [6.07, 6.45) is 0. The number of nitrogens with one attached hydrogen (secondary N) is 1. The highest BCUT2D eigenvalue weighted by Crippen LogP contribution is 2.08. The molecule has 0 spiro atoms. The quantitative estimate of drug-likeness (QED) is 0.772. The Kier molecular flexibility index (Phi) is 4.58. The molecule has 0 fully saturated rings. The molecule has 19 heavy (non-hydrogen) atoms. The third-order valence-electron chi connectivity index (χ3n) is 2.49. The summed E-state index contributed by atoms with van der Waals surface area (Å²) in [6.45, 7) is 1.09. The summed E-state index contributed by atoms with van der Waals surface area (Å²) in [4.78, 5) is 11.7. The van der Waals surface area contributed by atoms with E-state index in [1.807, 2.05) is 30.3 Å². The van der Waals surface area contributed by atoms with Crippen LogP contribution in [0, 0.1) is 0 Å². The second-order valence-corrected chi connectivity index (χ2v) is 3.89. The molecule has 5 nitrogen and oxygen atoms in total. The molecular weight excluding hydrogens is 244 g/mol. The normalized spacial score (nSPS) is 10.2. The lowest BCUT2D eigenvalue weighted by Crippen LogP contribution is -2.27. The SMILES string of the molecule is NCc1ccc(C(=O)NCCOc2ccccc2)o1. The summed E-state index contributed by atoms with van der Waals surface area (Å²) in [5.74, 6) is 1.36. The van der Waals surface area contributed by atoms with Gasteiger partial charge in [0.2, 0.25) is 0 Å². The van der Waals surface area contributed by atoms with E-state index in [1.165, 1.54) is 0 Å². The highest BCUT2D eigenvalue weighted by molar-refractivity contribution is 5.91. The minimum atomic E-state index is -0.267. The van der Waals surface area contributed by atoms with Crippen molar-refractivity contribution in [2.24, 2.45) is 5.73 Å². The molecule has 2 rings (SSSR count). The van der Waals surface area contributed by atoms with Gasteiger partial charge in [0.05, 0.1) is 13.1 Å². The molecule has 1 amide bonds. The van der Waals surface area contributed by atoms with Crippen LogP contribution in [-0.4, -0.2) is 19.1 Å². The maximum atomic E-state index is 11.7. The lowest BCUT2D eigenvalue weighted by atomic mass is 10.3.